The first-order valence-electron chi connectivity index (χ1n) is 8.36. The maximum Gasteiger partial charge on any atom is 0.248 e. The van der Waals surface area contributed by atoms with Gasteiger partial charge in [-0.15, -0.1) is 0 Å². The van der Waals surface area contributed by atoms with E-state index in [2.05, 4.69) is 10.4 Å². The maximum absolute atomic E-state index is 12.3. The summed E-state index contributed by atoms with van der Waals surface area (Å²) in [6.45, 7) is 4.57. The molecule has 0 radical (unpaired) electrons. The lowest BCUT2D eigenvalue weighted by Crippen LogP contribution is -2.25. The fourth-order valence-corrected chi connectivity index (χ4v) is 3.08. The largest absolute Gasteiger partial charge is 0.321 e. The van der Waals surface area contributed by atoms with E-state index >= 15 is 0 Å². The van der Waals surface area contributed by atoms with Crippen molar-refractivity contribution >= 4 is 29.3 Å². The van der Waals surface area contributed by atoms with Crippen molar-refractivity contribution in [3.05, 3.63) is 47.3 Å². The molecule has 1 fully saturated rings. The summed E-state index contributed by atoms with van der Waals surface area (Å²) in [5.74, 6) is -0.138. The summed E-state index contributed by atoms with van der Waals surface area (Å²) < 4.78 is 1.79. The molecule has 0 saturated carbocycles. The van der Waals surface area contributed by atoms with Crippen LogP contribution in [-0.4, -0.2) is 28.1 Å². The highest BCUT2D eigenvalue weighted by Gasteiger charge is 2.23. The molecule has 25 heavy (non-hydrogen) atoms. The number of nitrogens with zero attached hydrogens (tertiary/aromatic N) is 3. The number of para-hydroxylation sites is 2. The number of anilines is 2. The molecular formula is C19H22N4O2. The van der Waals surface area contributed by atoms with Crippen molar-refractivity contribution in [2.75, 3.05) is 16.8 Å². The molecule has 6 heteroatoms. The molecule has 1 aliphatic rings. The van der Waals surface area contributed by atoms with Gasteiger partial charge < -0.3 is 10.2 Å². The van der Waals surface area contributed by atoms with E-state index in [0.29, 0.717) is 18.7 Å². The van der Waals surface area contributed by atoms with Crippen LogP contribution in [0.4, 0.5) is 11.4 Å². The number of amides is 2. The summed E-state index contributed by atoms with van der Waals surface area (Å²) in [5, 5.41) is 7.21. The summed E-state index contributed by atoms with van der Waals surface area (Å²) in [6.07, 6.45) is 4.68. The molecule has 3 rings (SSSR count). The third kappa shape index (κ3) is 3.47. The second kappa shape index (κ2) is 6.93. The van der Waals surface area contributed by atoms with Gasteiger partial charge >= 0.3 is 0 Å². The van der Waals surface area contributed by atoms with Gasteiger partial charge in [0.15, 0.2) is 0 Å². The number of aromatic nitrogens is 2. The predicted molar refractivity (Wildman–Crippen MR) is 98.4 cm³/mol. The van der Waals surface area contributed by atoms with Gasteiger partial charge in [0.25, 0.3) is 0 Å². The molecule has 6 nitrogen and oxygen atoms in total. The Labute approximate surface area is 147 Å². The molecular weight excluding hydrogens is 316 g/mol. The Morgan fingerprint density at radius 3 is 2.68 bits per heavy atom. The zero-order valence-corrected chi connectivity index (χ0v) is 14.7. The van der Waals surface area contributed by atoms with Crippen LogP contribution in [0.25, 0.3) is 6.08 Å². The average molecular weight is 338 g/mol. The van der Waals surface area contributed by atoms with E-state index in [-0.39, 0.29) is 11.8 Å². The van der Waals surface area contributed by atoms with Gasteiger partial charge in [0, 0.05) is 37.3 Å². The van der Waals surface area contributed by atoms with E-state index in [1.54, 1.807) is 15.7 Å². The van der Waals surface area contributed by atoms with Crippen molar-refractivity contribution in [3.63, 3.8) is 0 Å². The molecule has 1 saturated heterocycles. The molecule has 2 heterocycles. The van der Waals surface area contributed by atoms with Crippen molar-refractivity contribution in [2.45, 2.75) is 26.7 Å². The van der Waals surface area contributed by atoms with E-state index in [4.69, 9.17) is 0 Å². The number of hydrogen-bond donors (Lipinski definition) is 1. The van der Waals surface area contributed by atoms with Crippen molar-refractivity contribution in [2.24, 2.45) is 7.05 Å². The van der Waals surface area contributed by atoms with E-state index in [9.17, 15) is 9.59 Å². The highest BCUT2D eigenvalue weighted by molar-refractivity contribution is 6.06. The second-order valence-corrected chi connectivity index (χ2v) is 6.20. The molecule has 0 atom stereocenters. The van der Waals surface area contributed by atoms with Crippen LogP contribution >= 0.6 is 0 Å². The summed E-state index contributed by atoms with van der Waals surface area (Å²) in [7, 11) is 1.88. The van der Waals surface area contributed by atoms with Crippen molar-refractivity contribution in [1.82, 2.24) is 9.78 Å². The Balaban J connectivity index is 1.77. The van der Waals surface area contributed by atoms with E-state index in [1.165, 1.54) is 6.08 Å². The quantitative estimate of drug-likeness (QED) is 0.872. The van der Waals surface area contributed by atoms with Gasteiger partial charge in [0.2, 0.25) is 11.8 Å². The van der Waals surface area contributed by atoms with Crippen molar-refractivity contribution < 1.29 is 9.59 Å². The number of benzene rings is 1. The second-order valence-electron chi connectivity index (χ2n) is 6.20. The summed E-state index contributed by atoms with van der Waals surface area (Å²) >= 11 is 0. The molecule has 0 bridgehead atoms. The minimum Gasteiger partial charge on any atom is -0.321 e. The molecule has 2 aromatic rings. The number of nitrogens with one attached hydrogen (secondary N) is 1. The molecule has 130 valence electrons. The van der Waals surface area contributed by atoms with Gasteiger partial charge in [-0.25, -0.2) is 0 Å². The molecule has 1 aromatic carbocycles. The molecule has 1 aromatic heterocycles. The number of hydrogen-bond acceptors (Lipinski definition) is 3. The van der Waals surface area contributed by atoms with E-state index in [1.807, 2.05) is 45.2 Å². The number of rotatable bonds is 4. The Morgan fingerprint density at radius 2 is 2.04 bits per heavy atom. The molecule has 0 spiro atoms. The third-order valence-corrected chi connectivity index (χ3v) is 4.49. The van der Waals surface area contributed by atoms with Crippen LogP contribution < -0.4 is 10.2 Å². The first kappa shape index (κ1) is 17.0. The maximum atomic E-state index is 12.3. The highest BCUT2D eigenvalue weighted by atomic mass is 16.2. The Morgan fingerprint density at radius 1 is 1.28 bits per heavy atom. The van der Waals surface area contributed by atoms with Crippen LogP contribution in [-0.2, 0) is 16.6 Å². The summed E-state index contributed by atoms with van der Waals surface area (Å²) in [6, 6.07) is 7.39. The van der Waals surface area contributed by atoms with E-state index < -0.39 is 0 Å². The average Bonchev–Trinajstić information content (AvgIpc) is 3.10. The summed E-state index contributed by atoms with van der Waals surface area (Å²) in [5.41, 5.74) is 4.23. The topological polar surface area (TPSA) is 67.2 Å². The predicted octanol–water partition coefficient (Wildman–Crippen LogP) is 2.82. The van der Waals surface area contributed by atoms with Gasteiger partial charge in [-0.05, 0) is 38.5 Å². The normalized spacial score (nSPS) is 14.5. The highest BCUT2D eigenvalue weighted by Crippen LogP contribution is 2.29. The van der Waals surface area contributed by atoms with Crippen LogP contribution in [0, 0.1) is 13.8 Å². The minimum absolute atomic E-state index is 0.0962. The lowest BCUT2D eigenvalue weighted by atomic mass is 10.2. The van der Waals surface area contributed by atoms with Gasteiger partial charge in [0.05, 0.1) is 17.1 Å². The van der Waals surface area contributed by atoms with Gasteiger partial charge in [-0.1, -0.05) is 12.1 Å². The first-order valence-corrected chi connectivity index (χ1v) is 8.36. The fraction of sp³-hybridized carbons (Fsp3) is 0.316. The molecule has 2 amide bonds. The van der Waals surface area contributed by atoms with E-state index in [0.717, 1.165) is 29.1 Å². The number of aryl methyl sites for hydroxylation is 2. The number of carbonyl (C=O) groups is 2. The van der Waals surface area contributed by atoms with Crippen molar-refractivity contribution in [3.8, 4) is 0 Å². The first-order chi connectivity index (χ1) is 12.0. The smallest absolute Gasteiger partial charge is 0.248 e. The van der Waals surface area contributed by atoms with Gasteiger partial charge in [0.1, 0.15) is 0 Å². The zero-order valence-electron chi connectivity index (χ0n) is 14.7. The minimum atomic E-state index is -0.234. The monoisotopic (exact) mass is 338 g/mol. The Kier molecular flexibility index (Phi) is 4.70. The van der Waals surface area contributed by atoms with Crippen LogP contribution in [0.2, 0.25) is 0 Å². The number of carbonyl (C=O) groups excluding carboxylic acids is 2. The van der Waals surface area contributed by atoms with Crippen LogP contribution in [0.5, 0.6) is 0 Å². The van der Waals surface area contributed by atoms with Crippen LogP contribution in [0.3, 0.4) is 0 Å². The molecule has 1 N–H and O–H groups in total. The lowest BCUT2D eigenvalue weighted by Gasteiger charge is -2.19. The standard InChI is InChI=1S/C19H22N4O2/c1-13-15(14(2)22(3)21-13)10-11-18(24)20-16-7-4-5-8-17(16)23-12-6-9-19(23)25/h4-5,7-8,10-11H,6,9,12H2,1-3H3,(H,20,24)/b11-10+. The SMILES string of the molecule is Cc1nn(C)c(C)c1/C=C/C(=O)Nc1ccccc1N1CCCC1=O. The van der Waals surface area contributed by atoms with Crippen LogP contribution in [0.1, 0.15) is 29.8 Å². The fourth-order valence-electron chi connectivity index (χ4n) is 3.08. The lowest BCUT2D eigenvalue weighted by molar-refractivity contribution is -0.117. The molecule has 0 unspecified atom stereocenters. The molecule has 0 aliphatic carbocycles. The summed E-state index contributed by atoms with van der Waals surface area (Å²) in [4.78, 5) is 26.1. The van der Waals surface area contributed by atoms with Gasteiger partial charge in [-0.2, -0.15) is 5.10 Å². The third-order valence-electron chi connectivity index (χ3n) is 4.49. The zero-order chi connectivity index (χ0) is 18.0. The van der Waals surface area contributed by atoms with Crippen LogP contribution in [0.15, 0.2) is 30.3 Å². The molecule has 1 aliphatic heterocycles. The van der Waals surface area contributed by atoms with Crippen molar-refractivity contribution in [1.29, 1.82) is 0 Å². The Bertz CT molecular complexity index is 851. The van der Waals surface area contributed by atoms with Gasteiger partial charge in [-0.3, -0.25) is 14.3 Å². The Hall–Kier alpha value is -2.89.